The predicted molar refractivity (Wildman–Crippen MR) is 129 cm³/mol. The Morgan fingerprint density at radius 1 is 1.11 bits per heavy atom. The lowest BCUT2D eigenvalue weighted by Gasteiger charge is -2.19. The topological polar surface area (TPSA) is 88.5 Å². The fourth-order valence-corrected chi connectivity index (χ4v) is 3.51. The predicted octanol–water partition coefficient (Wildman–Crippen LogP) is 5.57. The van der Waals surface area contributed by atoms with Crippen molar-refractivity contribution >= 4 is 44.7 Å². The summed E-state index contributed by atoms with van der Waals surface area (Å²) in [7, 11) is -0.393. The average Bonchev–Trinajstić information content (AvgIpc) is 2.76. The SMILES string of the molecule is CS(=Nc1cc(F)c2c(Nc3ccc(F)cc3OCC(=O)NCC(F)(F)F)ncnc2c1)C(C)(C)C. The molecule has 0 spiro atoms. The van der Waals surface area contributed by atoms with Crippen LogP contribution in [-0.2, 0) is 15.5 Å². The van der Waals surface area contributed by atoms with E-state index in [4.69, 9.17) is 4.74 Å². The maximum Gasteiger partial charge on any atom is 0.405 e. The zero-order valence-electron chi connectivity index (χ0n) is 19.8. The summed E-state index contributed by atoms with van der Waals surface area (Å²) in [4.78, 5) is 19.9. The third kappa shape index (κ3) is 7.33. The fraction of sp³-hybridized carbons (Fsp3) is 0.348. The van der Waals surface area contributed by atoms with Crippen LogP contribution in [0, 0.1) is 11.6 Å². The van der Waals surface area contributed by atoms with Gasteiger partial charge >= 0.3 is 6.18 Å². The van der Waals surface area contributed by atoms with E-state index in [1.807, 2.05) is 27.0 Å². The molecule has 194 valence electrons. The van der Waals surface area contributed by atoms with Crippen LogP contribution >= 0.6 is 0 Å². The van der Waals surface area contributed by atoms with Crippen LogP contribution in [0.15, 0.2) is 41.0 Å². The van der Waals surface area contributed by atoms with Crippen LogP contribution in [0.5, 0.6) is 5.75 Å². The molecule has 0 radical (unpaired) electrons. The van der Waals surface area contributed by atoms with Crippen molar-refractivity contribution in [3.63, 3.8) is 0 Å². The van der Waals surface area contributed by atoms with Crippen LogP contribution in [0.4, 0.5) is 39.1 Å². The molecule has 13 heteroatoms. The van der Waals surface area contributed by atoms with Crippen molar-refractivity contribution in [1.82, 2.24) is 15.3 Å². The molecule has 0 aliphatic heterocycles. The highest BCUT2D eigenvalue weighted by atomic mass is 32.2. The van der Waals surface area contributed by atoms with Gasteiger partial charge in [0.1, 0.15) is 36.1 Å². The van der Waals surface area contributed by atoms with E-state index in [1.165, 1.54) is 18.5 Å². The first kappa shape index (κ1) is 27.2. The van der Waals surface area contributed by atoms with Crippen LogP contribution in [-0.4, -0.2) is 46.2 Å². The van der Waals surface area contributed by atoms with Gasteiger partial charge in [-0.1, -0.05) is 31.5 Å². The molecule has 0 aliphatic rings. The molecule has 0 bridgehead atoms. The number of nitrogens with one attached hydrogen (secondary N) is 2. The van der Waals surface area contributed by atoms with Gasteiger partial charge in [-0.25, -0.2) is 23.1 Å². The Hall–Kier alpha value is -3.35. The lowest BCUT2D eigenvalue weighted by molar-refractivity contribution is -0.139. The smallest absolute Gasteiger partial charge is 0.405 e. The van der Waals surface area contributed by atoms with E-state index >= 15 is 4.39 Å². The Morgan fingerprint density at radius 3 is 2.50 bits per heavy atom. The van der Waals surface area contributed by atoms with Gasteiger partial charge in [0, 0.05) is 16.9 Å². The number of fused-ring (bicyclic) bond motifs is 1. The third-order valence-corrected chi connectivity index (χ3v) is 7.10. The first-order valence-corrected chi connectivity index (χ1v) is 12.2. The number of hydrogen-bond acceptors (Lipinski definition) is 6. The van der Waals surface area contributed by atoms with E-state index in [0.29, 0.717) is 5.69 Å². The van der Waals surface area contributed by atoms with E-state index in [-0.39, 0.29) is 32.9 Å². The van der Waals surface area contributed by atoms with Gasteiger partial charge in [0.25, 0.3) is 5.91 Å². The minimum atomic E-state index is -4.59. The summed E-state index contributed by atoms with van der Waals surface area (Å²) in [5.74, 6) is -2.56. The second kappa shape index (κ2) is 10.7. The standard InChI is InChI=1S/C23H24F5N5O2S/c1-22(2,3)36(4)33-14-8-15(25)20-17(9-14)30-12-31-21(20)32-16-6-5-13(24)7-18(16)35-10-19(34)29-11-23(26,27)28/h5-9,12H,10-11H2,1-4H3,(H,29,34)(H,30,31,32). The Kier molecular flexibility index (Phi) is 8.12. The van der Waals surface area contributed by atoms with Crippen molar-refractivity contribution in [2.24, 2.45) is 4.36 Å². The van der Waals surface area contributed by atoms with Gasteiger partial charge in [-0.3, -0.25) is 4.79 Å². The molecule has 0 saturated heterocycles. The van der Waals surface area contributed by atoms with Crippen LogP contribution in [0.2, 0.25) is 0 Å². The number of rotatable bonds is 7. The monoisotopic (exact) mass is 529 g/mol. The minimum absolute atomic E-state index is 0.0355. The summed E-state index contributed by atoms with van der Waals surface area (Å²) in [6.45, 7) is 3.76. The number of amides is 1. The number of halogens is 5. The number of alkyl halides is 3. The quantitative estimate of drug-likeness (QED) is 0.391. The van der Waals surface area contributed by atoms with Crippen molar-refractivity contribution in [2.75, 3.05) is 24.7 Å². The minimum Gasteiger partial charge on any atom is -0.481 e. The van der Waals surface area contributed by atoms with E-state index in [2.05, 4.69) is 19.6 Å². The molecule has 36 heavy (non-hydrogen) atoms. The molecular weight excluding hydrogens is 505 g/mol. The summed E-state index contributed by atoms with van der Waals surface area (Å²) in [5, 5.41) is 4.52. The maximum atomic E-state index is 15.1. The van der Waals surface area contributed by atoms with Gasteiger partial charge in [0.15, 0.2) is 6.61 Å². The van der Waals surface area contributed by atoms with Crippen LogP contribution < -0.4 is 15.4 Å². The van der Waals surface area contributed by atoms with Crippen molar-refractivity contribution in [3.8, 4) is 5.75 Å². The zero-order valence-corrected chi connectivity index (χ0v) is 20.7. The highest BCUT2D eigenvalue weighted by molar-refractivity contribution is 7.88. The van der Waals surface area contributed by atoms with Crippen LogP contribution in [0.3, 0.4) is 0 Å². The largest absolute Gasteiger partial charge is 0.481 e. The maximum absolute atomic E-state index is 15.1. The molecule has 3 rings (SSSR count). The number of carbonyl (C=O) groups is 1. The number of nitrogens with zero attached hydrogens (tertiary/aromatic N) is 3. The van der Waals surface area contributed by atoms with Crippen molar-refractivity contribution < 1.29 is 31.5 Å². The molecule has 1 unspecified atom stereocenters. The molecule has 2 aromatic carbocycles. The average molecular weight is 530 g/mol. The second-order valence-corrected chi connectivity index (χ2v) is 11.0. The van der Waals surface area contributed by atoms with Gasteiger partial charge in [0.05, 0.1) is 22.3 Å². The molecule has 1 amide bonds. The fourth-order valence-electron chi connectivity index (χ4n) is 2.81. The molecule has 2 N–H and O–H groups in total. The van der Waals surface area contributed by atoms with Gasteiger partial charge < -0.3 is 15.4 Å². The molecule has 1 atom stereocenters. The molecule has 0 aliphatic carbocycles. The molecule has 0 saturated carbocycles. The molecular formula is C23H24F5N5O2S. The Balaban J connectivity index is 1.88. The summed E-state index contributed by atoms with van der Waals surface area (Å²) in [6, 6.07) is 6.17. The number of benzene rings is 2. The highest BCUT2D eigenvalue weighted by Gasteiger charge is 2.27. The summed E-state index contributed by atoms with van der Waals surface area (Å²) >= 11 is 0. The Labute approximate surface area is 206 Å². The number of ether oxygens (including phenoxy) is 1. The van der Waals surface area contributed by atoms with Crippen LogP contribution in [0.25, 0.3) is 10.9 Å². The molecule has 3 aromatic rings. The van der Waals surface area contributed by atoms with Gasteiger partial charge in [0.2, 0.25) is 0 Å². The first-order chi connectivity index (χ1) is 16.7. The van der Waals surface area contributed by atoms with Crippen LogP contribution in [0.1, 0.15) is 20.8 Å². The van der Waals surface area contributed by atoms with E-state index in [0.717, 1.165) is 12.1 Å². The summed E-state index contributed by atoms with van der Waals surface area (Å²) in [6.07, 6.45) is -1.43. The number of aromatic nitrogens is 2. The summed E-state index contributed by atoms with van der Waals surface area (Å²) < 4.78 is 75.5. The number of carbonyl (C=O) groups excluding carboxylic acids is 1. The van der Waals surface area contributed by atoms with Gasteiger partial charge in [-0.15, -0.1) is 0 Å². The Morgan fingerprint density at radius 2 is 1.83 bits per heavy atom. The van der Waals surface area contributed by atoms with E-state index < -0.39 is 47.6 Å². The lowest BCUT2D eigenvalue weighted by atomic mass is 10.2. The number of anilines is 2. The molecule has 1 heterocycles. The first-order valence-electron chi connectivity index (χ1n) is 10.6. The molecule has 0 fully saturated rings. The van der Waals surface area contributed by atoms with Gasteiger partial charge in [-0.2, -0.15) is 13.2 Å². The van der Waals surface area contributed by atoms with Crippen molar-refractivity contribution in [1.29, 1.82) is 0 Å². The number of hydrogen-bond donors (Lipinski definition) is 2. The van der Waals surface area contributed by atoms with E-state index in [1.54, 1.807) is 11.4 Å². The normalized spacial score (nSPS) is 13.0. The third-order valence-electron chi connectivity index (χ3n) is 4.84. The van der Waals surface area contributed by atoms with Crippen molar-refractivity contribution in [3.05, 3.63) is 48.3 Å². The Bertz CT molecular complexity index is 1310. The second-order valence-electron chi connectivity index (χ2n) is 8.67. The lowest BCUT2D eigenvalue weighted by Crippen LogP contribution is -2.36. The zero-order chi connectivity index (χ0) is 26.7. The van der Waals surface area contributed by atoms with E-state index in [9.17, 15) is 22.4 Å². The van der Waals surface area contributed by atoms with Crippen molar-refractivity contribution in [2.45, 2.75) is 31.7 Å². The molecule has 1 aromatic heterocycles. The molecule has 7 nitrogen and oxygen atoms in total. The van der Waals surface area contributed by atoms with Gasteiger partial charge in [-0.05, 0) is 24.5 Å². The highest BCUT2D eigenvalue weighted by Crippen LogP contribution is 2.33. The summed E-state index contributed by atoms with van der Waals surface area (Å²) in [5.41, 5.74) is 0.797.